The number of carbonyl (C=O) groups is 2. The SMILES string of the molecule is Cc1cccc(C(=O)c2ccc3c(c2)C(=O)NCCO3)c1. The van der Waals surface area contributed by atoms with Gasteiger partial charge in [-0.3, -0.25) is 9.59 Å². The summed E-state index contributed by atoms with van der Waals surface area (Å²) in [5, 5.41) is 2.74. The van der Waals surface area contributed by atoms with Gasteiger partial charge in [0.05, 0.1) is 12.1 Å². The topological polar surface area (TPSA) is 55.4 Å². The monoisotopic (exact) mass is 281 g/mol. The van der Waals surface area contributed by atoms with Crippen LogP contribution in [0.2, 0.25) is 0 Å². The third-order valence-corrected chi connectivity index (χ3v) is 3.41. The Balaban J connectivity index is 2.00. The summed E-state index contributed by atoms with van der Waals surface area (Å²) in [6.07, 6.45) is 0. The van der Waals surface area contributed by atoms with E-state index in [0.717, 1.165) is 5.56 Å². The summed E-state index contributed by atoms with van der Waals surface area (Å²) in [7, 11) is 0. The zero-order chi connectivity index (χ0) is 14.8. The summed E-state index contributed by atoms with van der Waals surface area (Å²) < 4.78 is 5.48. The van der Waals surface area contributed by atoms with Crippen LogP contribution in [-0.2, 0) is 0 Å². The molecular formula is C17H15NO3. The first kappa shape index (κ1) is 13.4. The molecule has 1 amide bonds. The number of ketones is 1. The molecule has 0 aromatic heterocycles. The largest absolute Gasteiger partial charge is 0.491 e. The van der Waals surface area contributed by atoms with Gasteiger partial charge in [-0.1, -0.05) is 23.8 Å². The Bertz CT molecular complexity index is 722. The average Bonchev–Trinajstić information content (AvgIpc) is 2.68. The molecule has 2 aromatic rings. The van der Waals surface area contributed by atoms with Gasteiger partial charge in [-0.25, -0.2) is 0 Å². The number of hydrogen-bond acceptors (Lipinski definition) is 3. The van der Waals surface area contributed by atoms with E-state index in [0.29, 0.717) is 35.6 Å². The van der Waals surface area contributed by atoms with Crippen LogP contribution in [0, 0.1) is 6.92 Å². The predicted octanol–water partition coefficient (Wildman–Crippen LogP) is 2.35. The van der Waals surface area contributed by atoms with Crippen molar-refractivity contribution in [1.82, 2.24) is 5.32 Å². The summed E-state index contributed by atoms with van der Waals surface area (Å²) in [5.41, 5.74) is 2.53. The molecule has 1 aliphatic rings. The van der Waals surface area contributed by atoms with Gasteiger partial charge in [0, 0.05) is 11.1 Å². The van der Waals surface area contributed by atoms with E-state index in [9.17, 15) is 9.59 Å². The van der Waals surface area contributed by atoms with Crippen molar-refractivity contribution in [3.8, 4) is 5.75 Å². The number of amides is 1. The van der Waals surface area contributed by atoms with Gasteiger partial charge in [-0.05, 0) is 31.2 Å². The molecule has 0 atom stereocenters. The number of benzene rings is 2. The summed E-state index contributed by atoms with van der Waals surface area (Å²) in [5.74, 6) is 0.214. The molecule has 0 saturated heterocycles. The predicted molar refractivity (Wildman–Crippen MR) is 78.9 cm³/mol. The Hall–Kier alpha value is -2.62. The molecule has 0 unspecified atom stereocenters. The van der Waals surface area contributed by atoms with Crippen LogP contribution in [0.5, 0.6) is 5.75 Å². The number of rotatable bonds is 2. The fraction of sp³-hybridized carbons (Fsp3) is 0.176. The lowest BCUT2D eigenvalue weighted by Gasteiger charge is -2.08. The van der Waals surface area contributed by atoms with E-state index < -0.39 is 0 Å². The van der Waals surface area contributed by atoms with Crippen LogP contribution in [0.25, 0.3) is 0 Å². The Morgan fingerprint density at radius 2 is 1.95 bits per heavy atom. The maximum Gasteiger partial charge on any atom is 0.255 e. The van der Waals surface area contributed by atoms with Crippen LogP contribution in [0.1, 0.15) is 31.8 Å². The molecule has 0 aliphatic carbocycles. The van der Waals surface area contributed by atoms with Crippen molar-refractivity contribution in [2.75, 3.05) is 13.2 Å². The standard InChI is InChI=1S/C17H15NO3/c1-11-3-2-4-12(9-11)16(19)13-5-6-15-14(10-13)17(20)18-7-8-21-15/h2-6,9-10H,7-8H2,1H3,(H,18,20). The average molecular weight is 281 g/mol. The van der Waals surface area contributed by atoms with Gasteiger partial charge in [0.1, 0.15) is 12.4 Å². The lowest BCUT2D eigenvalue weighted by Crippen LogP contribution is -2.24. The maximum absolute atomic E-state index is 12.5. The molecule has 0 radical (unpaired) electrons. The first-order chi connectivity index (χ1) is 10.1. The third-order valence-electron chi connectivity index (χ3n) is 3.41. The van der Waals surface area contributed by atoms with Gasteiger partial charge < -0.3 is 10.1 Å². The Morgan fingerprint density at radius 1 is 1.14 bits per heavy atom. The third kappa shape index (κ3) is 2.65. The lowest BCUT2D eigenvalue weighted by molar-refractivity contribution is 0.0957. The fourth-order valence-electron chi connectivity index (χ4n) is 2.35. The van der Waals surface area contributed by atoms with Gasteiger partial charge in [-0.15, -0.1) is 0 Å². The van der Waals surface area contributed by atoms with E-state index in [-0.39, 0.29) is 11.7 Å². The zero-order valence-corrected chi connectivity index (χ0v) is 11.7. The first-order valence-corrected chi connectivity index (χ1v) is 6.81. The maximum atomic E-state index is 12.5. The number of fused-ring (bicyclic) bond motifs is 1. The molecule has 0 fully saturated rings. The van der Waals surface area contributed by atoms with E-state index in [4.69, 9.17) is 4.74 Å². The number of ether oxygens (including phenoxy) is 1. The summed E-state index contributed by atoms with van der Waals surface area (Å²) >= 11 is 0. The molecule has 4 heteroatoms. The highest BCUT2D eigenvalue weighted by molar-refractivity contribution is 6.10. The number of aryl methyl sites for hydroxylation is 1. The second-order valence-electron chi connectivity index (χ2n) is 5.01. The fourth-order valence-corrected chi connectivity index (χ4v) is 2.35. The van der Waals surface area contributed by atoms with Crippen LogP contribution in [0.4, 0.5) is 0 Å². The molecule has 1 N–H and O–H groups in total. The van der Waals surface area contributed by atoms with Crippen LogP contribution in [-0.4, -0.2) is 24.8 Å². The van der Waals surface area contributed by atoms with Crippen LogP contribution < -0.4 is 10.1 Å². The molecule has 3 rings (SSSR count). The van der Waals surface area contributed by atoms with Crippen molar-refractivity contribution in [3.63, 3.8) is 0 Å². The molecule has 0 saturated carbocycles. The molecule has 21 heavy (non-hydrogen) atoms. The lowest BCUT2D eigenvalue weighted by atomic mass is 9.99. The molecule has 106 valence electrons. The second-order valence-corrected chi connectivity index (χ2v) is 5.01. The Labute approximate surface area is 122 Å². The van der Waals surface area contributed by atoms with Crippen LogP contribution in [0.3, 0.4) is 0 Å². The summed E-state index contributed by atoms with van der Waals surface area (Å²) in [6, 6.07) is 12.4. The van der Waals surface area contributed by atoms with Crippen molar-refractivity contribution in [3.05, 3.63) is 64.7 Å². The highest BCUT2D eigenvalue weighted by atomic mass is 16.5. The molecule has 1 heterocycles. The van der Waals surface area contributed by atoms with E-state index >= 15 is 0 Å². The van der Waals surface area contributed by atoms with Gasteiger partial charge >= 0.3 is 0 Å². The summed E-state index contributed by atoms with van der Waals surface area (Å²) in [4.78, 5) is 24.5. The molecule has 0 spiro atoms. The minimum absolute atomic E-state index is 0.0986. The molecule has 1 aliphatic heterocycles. The van der Waals surface area contributed by atoms with Gasteiger partial charge in [0.2, 0.25) is 0 Å². The van der Waals surface area contributed by atoms with E-state index in [1.807, 2.05) is 25.1 Å². The van der Waals surface area contributed by atoms with Gasteiger partial charge in [0.25, 0.3) is 5.91 Å². The second kappa shape index (κ2) is 5.40. The van der Waals surface area contributed by atoms with Crippen LogP contribution in [0.15, 0.2) is 42.5 Å². The van der Waals surface area contributed by atoms with E-state index in [1.54, 1.807) is 24.3 Å². The summed E-state index contributed by atoms with van der Waals surface area (Å²) in [6.45, 7) is 2.84. The van der Waals surface area contributed by atoms with Gasteiger partial charge in [0.15, 0.2) is 5.78 Å². The molecule has 2 aromatic carbocycles. The quantitative estimate of drug-likeness (QED) is 0.860. The number of nitrogens with one attached hydrogen (secondary N) is 1. The van der Waals surface area contributed by atoms with Crippen molar-refractivity contribution >= 4 is 11.7 Å². The zero-order valence-electron chi connectivity index (χ0n) is 11.7. The van der Waals surface area contributed by atoms with Crippen molar-refractivity contribution in [1.29, 1.82) is 0 Å². The van der Waals surface area contributed by atoms with Gasteiger partial charge in [-0.2, -0.15) is 0 Å². The van der Waals surface area contributed by atoms with Crippen molar-refractivity contribution in [2.24, 2.45) is 0 Å². The minimum Gasteiger partial charge on any atom is -0.491 e. The van der Waals surface area contributed by atoms with Crippen molar-refractivity contribution in [2.45, 2.75) is 6.92 Å². The van der Waals surface area contributed by atoms with Crippen LogP contribution >= 0.6 is 0 Å². The van der Waals surface area contributed by atoms with E-state index in [1.165, 1.54) is 0 Å². The van der Waals surface area contributed by atoms with E-state index in [2.05, 4.69) is 5.32 Å². The Kier molecular flexibility index (Phi) is 3.44. The molecular weight excluding hydrogens is 266 g/mol. The molecule has 4 nitrogen and oxygen atoms in total. The number of carbonyl (C=O) groups excluding carboxylic acids is 2. The first-order valence-electron chi connectivity index (χ1n) is 6.81. The smallest absolute Gasteiger partial charge is 0.255 e. The minimum atomic E-state index is -0.207. The highest BCUT2D eigenvalue weighted by Gasteiger charge is 2.19. The normalized spacial score (nSPS) is 13.7. The van der Waals surface area contributed by atoms with Crippen molar-refractivity contribution < 1.29 is 14.3 Å². The number of hydrogen-bond donors (Lipinski definition) is 1. The molecule has 0 bridgehead atoms. The Morgan fingerprint density at radius 3 is 2.76 bits per heavy atom. The highest BCUT2D eigenvalue weighted by Crippen LogP contribution is 2.23.